The van der Waals surface area contributed by atoms with Crippen LogP contribution in [0.1, 0.15) is 30.5 Å². The molecule has 0 saturated carbocycles. The fourth-order valence-electron chi connectivity index (χ4n) is 9.45. The van der Waals surface area contributed by atoms with Crippen molar-refractivity contribution >= 4 is 68.0 Å². The normalized spacial score (nSPS) is 14.1. The molecule has 3 aliphatic rings. The highest BCUT2D eigenvalue weighted by atomic mass is 16.5. The molecule has 2 aliphatic heterocycles. The first-order valence-corrected chi connectivity index (χ1v) is 18.9. The van der Waals surface area contributed by atoms with Gasteiger partial charge in [0.25, 0.3) is 6.71 Å². The minimum Gasteiger partial charge on any atom is -0.458 e. The first-order chi connectivity index (χ1) is 26.5. The first-order valence-electron chi connectivity index (χ1n) is 18.9. The van der Waals surface area contributed by atoms with Gasteiger partial charge in [-0.05, 0) is 118 Å². The van der Waals surface area contributed by atoms with Crippen molar-refractivity contribution in [3.63, 3.8) is 0 Å². The van der Waals surface area contributed by atoms with Crippen LogP contribution in [0.15, 0.2) is 170 Å². The fourth-order valence-corrected chi connectivity index (χ4v) is 9.45. The van der Waals surface area contributed by atoms with Gasteiger partial charge in [0.1, 0.15) is 11.5 Å². The van der Waals surface area contributed by atoms with Gasteiger partial charge < -0.3 is 14.5 Å². The smallest absolute Gasteiger partial charge is 0.256 e. The summed E-state index contributed by atoms with van der Waals surface area (Å²) in [7, 11) is 0. The lowest BCUT2D eigenvalue weighted by Gasteiger charge is -2.41. The summed E-state index contributed by atoms with van der Waals surface area (Å²) in [5, 5.41) is 2.55. The predicted octanol–water partition coefficient (Wildman–Crippen LogP) is 11.3. The van der Waals surface area contributed by atoms with Gasteiger partial charge in [0.2, 0.25) is 0 Å². The van der Waals surface area contributed by atoms with E-state index in [1.165, 1.54) is 72.0 Å². The van der Waals surface area contributed by atoms with Crippen molar-refractivity contribution in [2.24, 2.45) is 0 Å². The predicted molar refractivity (Wildman–Crippen MR) is 227 cm³/mol. The van der Waals surface area contributed by atoms with E-state index in [0.29, 0.717) is 0 Å². The number of rotatable bonds is 4. The number of anilines is 6. The maximum atomic E-state index is 6.99. The molecule has 4 heteroatoms. The maximum absolute atomic E-state index is 6.99. The van der Waals surface area contributed by atoms with Gasteiger partial charge in [-0.1, -0.05) is 123 Å². The minimum absolute atomic E-state index is 0.0470. The van der Waals surface area contributed by atoms with Gasteiger partial charge in [-0.25, -0.2) is 0 Å². The van der Waals surface area contributed by atoms with Crippen LogP contribution in [0.5, 0.6) is 11.5 Å². The molecule has 8 aromatic rings. The summed E-state index contributed by atoms with van der Waals surface area (Å²) in [5.74, 6) is 1.86. The van der Waals surface area contributed by atoms with Gasteiger partial charge in [0, 0.05) is 39.2 Å². The van der Waals surface area contributed by atoms with E-state index in [9.17, 15) is 0 Å². The number of fused-ring (bicyclic) bond motifs is 6. The summed E-state index contributed by atoms with van der Waals surface area (Å²) >= 11 is 0. The van der Waals surface area contributed by atoms with Crippen molar-refractivity contribution in [3.05, 3.63) is 187 Å². The number of hydrogen-bond donors (Lipinski definition) is 0. The Hall–Kier alpha value is -6.52. The molecule has 1 aliphatic carbocycles. The Bertz CT molecular complexity index is 2790. The second kappa shape index (κ2) is 11.5. The molecule has 0 unspecified atom stereocenters. The lowest BCUT2D eigenvalue weighted by atomic mass is 9.34. The molecular weight excluding hydrogens is 655 g/mol. The second-order valence-electron chi connectivity index (χ2n) is 15.4. The standard InChI is InChI=1S/C50H37BN2O/c1-32-24-26-35(27-25-32)52(33-14-6-4-7-15-33)43-29-28-36-38-30-47-42(31-40(38)50(2,3)39-19-12-18-37(43)48(36)39)51-41-20-10-11-21-44(41)53(34-16-8-5-9-17-34)45-22-13-23-46(54-47)49(45)51/h4-31H,1-3H3. The molecule has 0 aromatic heterocycles. The van der Waals surface area contributed by atoms with E-state index in [-0.39, 0.29) is 12.1 Å². The summed E-state index contributed by atoms with van der Waals surface area (Å²) in [6, 6.07) is 62.0. The number of hydrogen-bond acceptors (Lipinski definition) is 3. The van der Waals surface area contributed by atoms with Crippen molar-refractivity contribution < 1.29 is 4.74 Å². The van der Waals surface area contributed by atoms with Crippen molar-refractivity contribution in [2.75, 3.05) is 9.80 Å². The van der Waals surface area contributed by atoms with Crippen molar-refractivity contribution in [1.82, 2.24) is 0 Å². The highest BCUT2D eigenvalue weighted by Crippen LogP contribution is 2.53. The van der Waals surface area contributed by atoms with E-state index in [1.807, 2.05) is 0 Å². The molecule has 0 N–H and O–H groups in total. The monoisotopic (exact) mass is 692 g/mol. The van der Waals surface area contributed by atoms with Crippen LogP contribution >= 0.6 is 0 Å². The Kier molecular flexibility index (Phi) is 6.61. The van der Waals surface area contributed by atoms with Crippen LogP contribution in [0, 0.1) is 6.92 Å². The Morgan fingerprint density at radius 1 is 0.556 bits per heavy atom. The van der Waals surface area contributed by atoms with Gasteiger partial charge in [-0.15, -0.1) is 0 Å². The highest BCUT2D eigenvalue weighted by molar-refractivity contribution is 6.99. The van der Waals surface area contributed by atoms with Crippen molar-refractivity contribution in [1.29, 1.82) is 0 Å². The molecule has 11 rings (SSSR count). The summed E-state index contributed by atoms with van der Waals surface area (Å²) in [5.41, 5.74) is 16.9. The Labute approximate surface area is 316 Å². The quantitative estimate of drug-likeness (QED) is 0.171. The van der Waals surface area contributed by atoms with E-state index in [0.717, 1.165) is 28.6 Å². The van der Waals surface area contributed by atoms with Crippen LogP contribution in [0.2, 0.25) is 0 Å². The highest BCUT2D eigenvalue weighted by Gasteiger charge is 2.44. The molecule has 54 heavy (non-hydrogen) atoms. The second-order valence-corrected chi connectivity index (χ2v) is 15.4. The third kappa shape index (κ3) is 4.37. The lowest BCUT2D eigenvalue weighted by Crippen LogP contribution is -2.59. The average molecular weight is 693 g/mol. The fraction of sp³-hybridized carbons (Fsp3) is 0.0800. The van der Waals surface area contributed by atoms with Crippen LogP contribution < -0.4 is 30.9 Å². The van der Waals surface area contributed by atoms with Crippen molar-refractivity contribution in [3.8, 4) is 22.6 Å². The minimum atomic E-state index is -0.263. The van der Waals surface area contributed by atoms with E-state index in [4.69, 9.17) is 4.74 Å². The van der Waals surface area contributed by atoms with Crippen molar-refractivity contribution in [2.45, 2.75) is 26.2 Å². The zero-order valence-electron chi connectivity index (χ0n) is 30.5. The molecule has 3 nitrogen and oxygen atoms in total. The zero-order chi connectivity index (χ0) is 36.1. The molecule has 0 spiro atoms. The third-order valence-electron chi connectivity index (χ3n) is 12.0. The molecule has 0 saturated heterocycles. The zero-order valence-corrected chi connectivity index (χ0v) is 30.5. The largest absolute Gasteiger partial charge is 0.458 e. The lowest BCUT2D eigenvalue weighted by molar-refractivity contribution is 0.487. The van der Waals surface area contributed by atoms with E-state index >= 15 is 0 Å². The first kappa shape index (κ1) is 31.1. The van der Waals surface area contributed by atoms with Crippen LogP contribution in [0.25, 0.3) is 21.9 Å². The van der Waals surface area contributed by atoms with Crippen LogP contribution in [-0.4, -0.2) is 6.71 Å². The van der Waals surface area contributed by atoms with Gasteiger partial charge in [-0.3, -0.25) is 0 Å². The average Bonchev–Trinajstić information content (AvgIpc) is 3.21. The Morgan fingerprint density at radius 3 is 2.07 bits per heavy atom. The Morgan fingerprint density at radius 2 is 1.26 bits per heavy atom. The molecule has 0 radical (unpaired) electrons. The number of aryl methyl sites for hydroxylation is 1. The summed E-state index contributed by atoms with van der Waals surface area (Å²) in [6.45, 7) is 6.98. The summed E-state index contributed by atoms with van der Waals surface area (Å²) in [6.07, 6.45) is 0. The third-order valence-corrected chi connectivity index (χ3v) is 12.0. The van der Waals surface area contributed by atoms with Gasteiger partial charge >= 0.3 is 0 Å². The molecule has 0 amide bonds. The number of ether oxygens (including phenoxy) is 1. The van der Waals surface area contributed by atoms with Gasteiger partial charge in [0.05, 0.1) is 5.69 Å². The molecule has 2 heterocycles. The van der Waals surface area contributed by atoms with E-state index in [1.54, 1.807) is 0 Å². The number of nitrogens with zero attached hydrogens (tertiary/aromatic N) is 2. The van der Waals surface area contributed by atoms with Gasteiger partial charge in [0.15, 0.2) is 0 Å². The van der Waals surface area contributed by atoms with E-state index < -0.39 is 0 Å². The van der Waals surface area contributed by atoms with Crippen LogP contribution in [0.3, 0.4) is 0 Å². The SMILES string of the molecule is Cc1ccc(N(c2ccccc2)c2ccc3c4c(cccc24)C(C)(C)c2cc4c(cc2-3)Oc2cccc3c2B4c2ccccc2N3c2ccccc2)cc1. The molecule has 256 valence electrons. The number of para-hydroxylation sites is 3. The van der Waals surface area contributed by atoms with E-state index in [2.05, 4.69) is 200 Å². The summed E-state index contributed by atoms with van der Waals surface area (Å²) in [4.78, 5) is 4.79. The van der Waals surface area contributed by atoms with Crippen LogP contribution in [0.4, 0.5) is 34.1 Å². The molecule has 0 atom stereocenters. The summed E-state index contributed by atoms with van der Waals surface area (Å²) < 4.78 is 6.99. The topological polar surface area (TPSA) is 15.7 Å². The molecular formula is C50H37BN2O. The molecule has 8 aromatic carbocycles. The molecule has 0 fully saturated rings. The maximum Gasteiger partial charge on any atom is 0.256 e. The van der Waals surface area contributed by atoms with Gasteiger partial charge in [-0.2, -0.15) is 0 Å². The molecule has 0 bridgehead atoms. The Balaban J connectivity index is 1.13. The number of benzene rings is 8. The van der Waals surface area contributed by atoms with Crippen LogP contribution in [-0.2, 0) is 5.41 Å².